The summed E-state index contributed by atoms with van der Waals surface area (Å²) in [5, 5.41) is 0. The van der Waals surface area contributed by atoms with Gasteiger partial charge in [0.15, 0.2) is 17.4 Å². The first-order valence-corrected chi connectivity index (χ1v) is 5.87. The third-order valence-electron chi connectivity index (χ3n) is 2.78. The van der Waals surface area contributed by atoms with Crippen molar-refractivity contribution in [1.82, 2.24) is 4.98 Å². The fraction of sp³-hybridized carbons (Fsp3) is 0.286. The minimum atomic E-state index is -0.277. The molecule has 6 nitrogen and oxygen atoms in total. The normalized spacial score (nSPS) is 10.2. The van der Waals surface area contributed by atoms with Crippen LogP contribution in [-0.2, 0) is 0 Å². The molecule has 0 fully saturated rings. The number of ether oxygens (including phenoxy) is 3. The highest BCUT2D eigenvalue weighted by Crippen LogP contribution is 2.38. The van der Waals surface area contributed by atoms with Crippen molar-refractivity contribution in [2.24, 2.45) is 0 Å². The predicted molar refractivity (Wildman–Crippen MR) is 70.8 cm³/mol. The summed E-state index contributed by atoms with van der Waals surface area (Å²) in [5.74, 6) is 1.41. The van der Waals surface area contributed by atoms with Crippen molar-refractivity contribution in [2.45, 2.75) is 6.92 Å². The predicted octanol–water partition coefficient (Wildman–Crippen LogP) is 2.24. The summed E-state index contributed by atoms with van der Waals surface area (Å²) in [5.41, 5.74) is 0.615. The number of aryl methyl sites for hydroxylation is 1. The van der Waals surface area contributed by atoms with Crippen LogP contribution in [0, 0.1) is 6.92 Å². The summed E-state index contributed by atoms with van der Waals surface area (Å²) in [4.78, 5) is 16.3. The van der Waals surface area contributed by atoms with Crippen molar-refractivity contribution in [2.75, 3.05) is 21.3 Å². The van der Waals surface area contributed by atoms with E-state index < -0.39 is 0 Å². The second kappa shape index (κ2) is 5.64. The number of benzene rings is 1. The molecule has 106 valence electrons. The lowest BCUT2D eigenvalue weighted by Crippen LogP contribution is -2.04. The number of hydrogen-bond acceptors (Lipinski definition) is 6. The second-order valence-corrected chi connectivity index (χ2v) is 3.99. The van der Waals surface area contributed by atoms with Gasteiger partial charge in [-0.05, 0) is 12.1 Å². The molecule has 0 aliphatic heterocycles. The monoisotopic (exact) mass is 277 g/mol. The van der Waals surface area contributed by atoms with Gasteiger partial charge in [0.05, 0.1) is 21.3 Å². The molecule has 0 aliphatic carbocycles. The molecular formula is C14H15NO5. The molecular weight excluding hydrogens is 262 g/mol. The van der Waals surface area contributed by atoms with Crippen molar-refractivity contribution in [3.8, 4) is 17.2 Å². The Bertz CT molecular complexity index is 607. The van der Waals surface area contributed by atoms with Crippen molar-refractivity contribution >= 4 is 5.78 Å². The fourth-order valence-corrected chi connectivity index (χ4v) is 1.83. The number of hydrogen-bond donors (Lipinski definition) is 0. The smallest absolute Gasteiger partial charge is 0.214 e. The van der Waals surface area contributed by atoms with E-state index >= 15 is 0 Å². The summed E-state index contributed by atoms with van der Waals surface area (Å²) in [6.45, 7) is 1.67. The number of carbonyl (C=O) groups is 1. The van der Waals surface area contributed by atoms with E-state index in [2.05, 4.69) is 4.98 Å². The maximum Gasteiger partial charge on any atom is 0.214 e. The van der Waals surface area contributed by atoms with Crippen LogP contribution in [0.2, 0.25) is 0 Å². The third kappa shape index (κ3) is 2.45. The lowest BCUT2D eigenvalue weighted by Gasteiger charge is -2.13. The van der Waals surface area contributed by atoms with Crippen LogP contribution in [0.4, 0.5) is 0 Å². The minimum absolute atomic E-state index is 0.233. The summed E-state index contributed by atoms with van der Waals surface area (Å²) in [7, 11) is 4.49. The van der Waals surface area contributed by atoms with Gasteiger partial charge in [0.1, 0.15) is 12.0 Å². The maximum atomic E-state index is 12.3. The van der Waals surface area contributed by atoms with Gasteiger partial charge in [-0.1, -0.05) is 0 Å². The molecule has 0 amide bonds. The molecule has 0 atom stereocenters. The SMILES string of the molecule is COc1cc(C(=O)c2coc(C)n2)cc(OC)c1OC. The highest BCUT2D eigenvalue weighted by molar-refractivity contribution is 6.08. The van der Waals surface area contributed by atoms with Crippen molar-refractivity contribution in [3.05, 3.63) is 35.5 Å². The van der Waals surface area contributed by atoms with Crippen LogP contribution in [0.15, 0.2) is 22.8 Å². The van der Waals surface area contributed by atoms with Gasteiger partial charge in [0, 0.05) is 12.5 Å². The van der Waals surface area contributed by atoms with E-state index in [1.165, 1.54) is 27.6 Å². The zero-order valence-electron chi connectivity index (χ0n) is 11.7. The van der Waals surface area contributed by atoms with E-state index in [1.807, 2.05) is 0 Å². The topological polar surface area (TPSA) is 70.8 Å². The number of ketones is 1. The van der Waals surface area contributed by atoms with Crippen LogP contribution >= 0.6 is 0 Å². The molecule has 0 unspecified atom stereocenters. The number of aromatic nitrogens is 1. The number of nitrogens with zero attached hydrogens (tertiary/aromatic N) is 1. The number of oxazole rings is 1. The fourth-order valence-electron chi connectivity index (χ4n) is 1.83. The Morgan fingerprint density at radius 2 is 1.70 bits per heavy atom. The Balaban J connectivity index is 2.49. The highest BCUT2D eigenvalue weighted by Gasteiger charge is 2.19. The molecule has 0 saturated carbocycles. The van der Waals surface area contributed by atoms with Gasteiger partial charge in [-0.25, -0.2) is 4.98 Å². The molecule has 20 heavy (non-hydrogen) atoms. The first-order valence-electron chi connectivity index (χ1n) is 5.87. The van der Waals surface area contributed by atoms with Gasteiger partial charge in [-0.2, -0.15) is 0 Å². The first-order chi connectivity index (χ1) is 9.60. The molecule has 0 saturated heterocycles. The molecule has 1 aromatic carbocycles. The average Bonchev–Trinajstić information content (AvgIpc) is 2.91. The molecule has 2 rings (SSSR count). The van der Waals surface area contributed by atoms with E-state index in [0.717, 1.165) is 0 Å². The molecule has 0 radical (unpaired) electrons. The molecule has 0 aliphatic rings. The summed E-state index contributed by atoms with van der Waals surface area (Å²) in [6.07, 6.45) is 1.32. The van der Waals surface area contributed by atoms with Gasteiger partial charge in [0.2, 0.25) is 11.5 Å². The van der Waals surface area contributed by atoms with Gasteiger partial charge < -0.3 is 18.6 Å². The van der Waals surface area contributed by atoms with Gasteiger partial charge >= 0.3 is 0 Å². The lowest BCUT2D eigenvalue weighted by molar-refractivity contribution is 0.103. The van der Waals surface area contributed by atoms with Crippen LogP contribution in [0.1, 0.15) is 21.9 Å². The largest absolute Gasteiger partial charge is 0.493 e. The Morgan fingerprint density at radius 1 is 1.10 bits per heavy atom. The Kier molecular flexibility index (Phi) is 3.93. The molecule has 1 heterocycles. The zero-order chi connectivity index (χ0) is 14.7. The molecule has 0 N–H and O–H groups in total. The van der Waals surface area contributed by atoms with E-state index in [0.29, 0.717) is 28.7 Å². The van der Waals surface area contributed by atoms with Crippen LogP contribution in [0.3, 0.4) is 0 Å². The van der Waals surface area contributed by atoms with Gasteiger partial charge in [-0.3, -0.25) is 4.79 Å². The summed E-state index contributed by atoms with van der Waals surface area (Å²) in [6, 6.07) is 3.15. The third-order valence-corrected chi connectivity index (χ3v) is 2.78. The van der Waals surface area contributed by atoms with Gasteiger partial charge in [-0.15, -0.1) is 0 Å². The molecule has 0 spiro atoms. The maximum absolute atomic E-state index is 12.3. The van der Waals surface area contributed by atoms with E-state index in [9.17, 15) is 4.79 Å². The zero-order valence-corrected chi connectivity index (χ0v) is 11.7. The van der Waals surface area contributed by atoms with E-state index in [1.54, 1.807) is 19.1 Å². The second-order valence-electron chi connectivity index (χ2n) is 3.99. The number of rotatable bonds is 5. The van der Waals surface area contributed by atoms with Crippen LogP contribution < -0.4 is 14.2 Å². The Morgan fingerprint density at radius 3 is 2.10 bits per heavy atom. The number of methoxy groups -OCH3 is 3. The lowest BCUT2D eigenvalue weighted by atomic mass is 10.1. The van der Waals surface area contributed by atoms with Crippen LogP contribution in [0.5, 0.6) is 17.2 Å². The van der Waals surface area contributed by atoms with E-state index in [4.69, 9.17) is 18.6 Å². The molecule has 0 bridgehead atoms. The van der Waals surface area contributed by atoms with Gasteiger partial charge in [0.25, 0.3) is 0 Å². The summed E-state index contributed by atoms with van der Waals surface area (Å²) < 4.78 is 20.7. The average molecular weight is 277 g/mol. The van der Waals surface area contributed by atoms with Crippen LogP contribution in [0.25, 0.3) is 0 Å². The molecule has 2 aromatic rings. The quantitative estimate of drug-likeness (QED) is 0.780. The standard InChI is InChI=1S/C14H15NO5/c1-8-15-10(7-20-8)13(16)9-5-11(17-2)14(19-4)12(6-9)18-3/h5-7H,1-4H3. The summed E-state index contributed by atoms with van der Waals surface area (Å²) >= 11 is 0. The molecule has 1 aromatic heterocycles. The van der Waals surface area contributed by atoms with Crippen molar-refractivity contribution in [3.63, 3.8) is 0 Å². The van der Waals surface area contributed by atoms with Crippen molar-refractivity contribution in [1.29, 1.82) is 0 Å². The highest BCUT2D eigenvalue weighted by atomic mass is 16.5. The number of carbonyl (C=O) groups excluding carboxylic acids is 1. The first kappa shape index (κ1) is 13.9. The van der Waals surface area contributed by atoms with Crippen LogP contribution in [-0.4, -0.2) is 32.1 Å². The van der Waals surface area contributed by atoms with Crippen molar-refractivity contribution < 1.29 is 23.4 Å². The Hall–Kier alpha value is -2.50. The minimum Gasteiger partial charge on any atom is -0.493 e. The Labute approximate surface area is 116 Å². The molecule has 6 heteroatoms. The van der Waals surface area contributed by atoms with E-state index in [-0.39, 0.29) is 11.5 Å².